The molecule has 3 aromatic rings. The molecule has 0 aliphatic carbocycles. The van der Waals surface area contributed by atoms with Crippen LogP contribution in [0.2, 0.25) is 0 Å². The number of hydrogen-bond acceptors (Lipinski definition) is 4. The molecule has 0 saturated heterocycles. The Balaban J connectivity index is 2.46. The highest BCUT2D eigenvalue weighted by molar-refractivity contribution is 7.13. The van der Waals surface area contributed by atoms with Gasteiger partial charge < -0.3 is 9.67 Å². The summed E-state index contributed by atoms with van der Waals surface area (Å²) in [5, 5.41) is 22.5. The van der Waals surface area contributed by atoms with E-state index in [1.54, 1.807) is 22.8 Å². The van der Waals surface area contributed by atoms with Gasteiger partial charge in [-0.3, -0.25) is 9.69 Å². The standard InChI is InChI=1S/C24H27N3O3S/c1-15(2)13-26-19(14-27(23(29)30)24(3,4)5)21(20-7-6-10-31-20)18-11-16(12-25)8-9-17(18)22(26)28/h6-11,15H,13-14H2,1-5H3,(H,29,30). The summed E-state index contributed by atoms with van der Waals surface area (Å²) in [6.45, 7) is 10.1. The van der Waals surface area contributed by atoms with Crippen LogP contribution in [0, 0.1) is 17.2 Å². The van der Waals surface area contributed by atoms with Gasteiger partial charge in [0.1, 0.15) is 0 Å². The van der Waals surface area contributed by atoms with Crippen LogP contribution in [0.4, 0.5) is 4.79 Å². The summed E-state index contributed by atoms with van der Waals surface area (Å²) in [5.41, 5.74) is 1.12. The summed E-state index contributed by atoms with van der Waals surface area (Å²) in [5.74, 6) is 0.191. The van der Waals surface area contributed by atoms with Crippen LogP contribution in [-0.2, 0) is 13.1 Å². The van der Waals surface area contributed by atoms with E-state index in [1.165, 1.54) is 16.2 Å². The second-order valence-electron chi connectivity index (χ2n) is 9.02. The van der Waals surface area contributed by atoms with E-state index in [0.29, 0.717) is 28.6 Å². The van der Waals surface area contributed by atoms with Crippen LogP contribution >= 0.6 is 11.3 Å². The molecule has 1 aromatic carbocycles. The Bertz CT molecular complexity index is 1210. The topological polar surface area (TPSA) is 86.3 Å². The van der Waals surface area contributed by atoms with Gasteiger partial charge in [0.05, 0.1) is 18.2 Å². The van der Waals surface area contributed by atoms with Gasteiger partial charge >= 0.3 is 6.09 Å². The minimum atomic E-state index is -1.04. The van der Waals surface area contributed by atoms with Crippen molar-refractivity contribution in [1.82, 2.24) is 9.47 Å². The van der Waals surface area contributed by atoms with Crippen molar-refractivity contribution in [2.24, 2.45) is 5.92 Å². The first kappa shape index (κ1) is 22.6. The van der Waals surface area contributed by atoms with Crippen molar-refractivity contribution in [1.29, 1.82) is 5.26 Å². The first-order valence-corrected chi connectivity index (χ1v) is 11.1. The predicted molar refractivity (Wildman–Crippen MR) is 124 cm³/mol. The molecule has 0 spiro atoms. The number of aromatic nitrogens is 1. The smallest absolute Gasteiger partial charge is 0.408 e. The zero-order valence-electron chi connectivity index (χ0n) is 18.5. The molecule has 0 unspecified atom stereocenters. The molecule has 0 radical (unpaired) electrons. The van der Waals surface area contributed by atoms with Crippen LogP contribution in [0.1, 0.15) is 45.9 Å². The molecule has 1 amide bonds. The first-order valence-electron chi connectivity index (χ1n) is 10.2. The normalized spacial score (nSPS) is 11.6. The number of pyridine rings is 1. The molecule has 0 fully saturated rings. The molecule has 6 nitrogen and oxygen atoms in total. The van der Waals surface area contributed by atoms with Crippen molar-refractivity contribution >= 4 is 28.2 Å². The summed E-state index contributed by atoms with van der Waals surface area (Å²) in [6, 6.07) is 11.1. The highest BCUT2D eigenvalue weighted by Crippen LogP contribution is 2.36. The Hall–Kier alpha value is -3.11. The van der Waals surface area contributed by atoms with Gasteiger partial charge in [0.25, 0.3) is 5.56 Å². The van der Waals surface area contributed by atoms with E-state index in [4.69, 9.17) is 0 Å². The molecular formula is C24H27N3O3S. The van der Waals surface area contributed by atoms with Crippen LogP contribution in [0.5, 0.6) is 0 Å². The minimum Gasteiger partial charge on any atom is -0.465 e. The molecule has 31 heavy (non-hydrogen) atoms. The van der Waals surface area contributed by atoms with Crippen molar-refractivity contribution in [3.63, 3.8) is 0 Å². The van der Waals surface area contributed by atoms with E-state index < -0.39 is 11.6 Å². The lowest BCUT2D eigenvalue weighted by Gasteiger charge is -2.34. The number of hydrogen-bond donors (Lipinski definition) is 1. The number of carbonyl (C=O) groups is 1. The van der Waals surface area contributed by atoms with Crippen LogP contribution in [-0.4, -0.2) is 26.2 Å². The Morgan fingerprint density at radius 2 is 1.97 bits per heavy atom. The Morgan fingerprint density at radius 1 is 1.26 bits per heavy atom. The third-order valence-corrected chi connectivity index (χ3v) is 6.06. The van der Waals surface area contributed by atoms with Crippen molar-refractivity contribution in [2.75, 3.05) is 0 Å². The lowest BCUT2D eigenvalue weighted by atomic mass is 9.98. The Kier molecular flexibility index (Phi) is 6.23. The number of thiophene rings is 1. The molecule has 7 heteroatoms. The predicted octanol–water partition coefficient (Wildman–Crippen LogP) is 5.54. The maximum absolute atomic E-state index is 13.5. The van der Waals surface area contributed by atoms with Gasteiger partial charge in [0, 0.05) is 33.6 Å². The second-order valence-corrected chi connectivity index (χ2v) is 9.97. The quantitative estimate of drug-likeness (QED) is 0.568. The largest absolute Gasteiger partial charge is 0.465 e. The Labute approximate surface area is 186 Å². The average molecular weight is 438 g/mol. The van der Waals surface area contributed by atoms with Gasteiger partial charge in [0.2, 0.25) is 0 Å². The van der Waals surface area contributed by atoms with E-state index in [9.17, 15) is 20.0 Å². The molecule has 2 heterocycles. The molecule has 0 atom stereocenters. The number of nitriles is 1. The Morgan fingerprint density at radius 3 is 2.48 bits per heavy atom. The van der Waals surface area contributed by atoms with E-state index >= 15 is 0 Å². The summed E-state index contributed by atoms with van der Waals surface area (Å²) >= 11 is 1.53. The van der Waals surface area contributed by atoms with E-state index in [0.717, 1.165) is 10.4 Å². The maximum Gasteiger partial charge on any atom is 0.408 e. The molecular weight excluding hydrogens is 410 g/mol. The number of fused-ring (bicyclic) bond motifs is 1. The van der Waals surface area contributed by atoms with Crippen molar-refractivity contribution < 1.29 is 9.90 Å². The summed E-state index contributed by atoms with van der Waals surface area (Å²) in [7, 11) is 0. The SMILES string of the molecule is CC(C)Cn1c(CN(C(=O)O)C(C)(C)C)c(-c2cccs2)c2cc(C#N)ccc2c1=O. The molecule has 0 aliphatic heterocycles. The van der Waals surface area contributed by atoms with Gasteiger partial charge in [-0.2, -0.15) is 5.26 Å². The van der Waals surface area contributed by atoms with Gasteiger partial charge in [0.15, 0.2) is 0 Å². The van der Waals surface area contributed by atoms with Crippen LogP contribution in [0.15, 0.2) is 40.5 Å². The third kappa shape index (κ3) is 4.49. The van der Waals surface area contributed by atoms with Crippen LogP contribution < -0.4 is 5.56 Å². The number of nitrogens with zero attached hydrogens (tertiary/aromatic N) is 3. The monoisotopic (exact) mass is 437 g/mol. The van der Waals surface area contributed by atoms with E-state index in [1.807, 2.05) is 52.1 Å². The fraction of sp³-hybridized carbons (Fsp3) is 0.375. The zero-order chi connectivity index (χ0) is 22.9. The number of benzene rings is 1. The van der Waals surface area contributed by atoms with Crippen LogP contribution in [0.3, 0.4) is 0 Å². The number of carboxylic acid groups (broad SMARTS) is 1. The van der Waals surface area contributed by atoms with Gasteiger partial charge in [-0.15, -0.1) is 11.3 Å². The average Bonchev–Trinajstić information content (AvgIpc) is 3.21. The minimum absolute atomic E-state index is 0.0702. The lowest BCUT2D eigenvalue weighted by molar-refractivity contribution is 0.0937. The van der Waals surface area contributed by atoms with Gasteiger partial charge in [-0.25, -0.2) is 4.79 Å². The first-order chi connectivity index (χ1) is 14.5. The molecule has 162 valence electrons. The van der Waals surface area contributed by atoms with E-state index in [2.05, 4.69) is 6.07 Å². The molecule has 1 N–H and O–H groups in total. The third-order valence-electron chi connectivity index (χ3n) is 5.17. The van der Waals surface area contributed by atoms with Crippen molar-refractivity contribution in [3.8, 4) is 16.5 Å². The number of amides is 1. The van der Waals surface area contributed by atoms with Gasteiger partial charge in [-0.1, -0.05) is 19.9 Å². The lowest BCUT2D eigenvalue weighted by Crippen LogP contribution is -2.45. The summed E-state index contributed by atoms with van der Waals surface area (Å²) in [6.07, 6.45) is -1.04. The fourth-order valence-corrected chi connectivity index (χ4v) is 4.53. The molecule has 0 bridgehead atoms. The summed E-state index contributed by atoms with van der Waals surface area (Å²) in [4.78, 5) is 27.9. The van der Waals surface area contributed by atoms with Crippen molar-refractivity contribution in [2.45, 2.75) is 53.2 Å². The van der Waals surface area contributed by atoms with Gasteiger partial charge in [-0.05, 0) is 61.7 Å². The molecule has 2 aromatic heterocycles. The highest BCUT2D eigenvalue weighted by atomic mass is 32.1. The maximum atomic E-state index is 13.5. The second kappa shape index (κ2) is 8.56. The summed E-state index contributed by atoms with van der Waals surface area (Å²) < 4.78 is 1.72. The molecule has 3 rings (SSSR count). The zero-order valence-corrected chi connectivity index (χ0v) is 19.3. The van der Waals surface area contributed by atoms with E-state index in [-0.39, 0.29) is 18.0 Å². The highest BCUT2D eigenvalue weighted by Gasteiger charge is 2.30. The number of rotatable bonds is 5. The molecule has 0 aliphatic rings. The van der Waals surface area contributed by atoms with Crippen LogP contribution in [0.25, 0.3) is 21.2 Å². The molecule has 0 saturated carbocycles. The fourth-order valence-electron chi connectivity index (χ4n) is 3.73. The van der Waals surface area contributed by atoms with Crippen molar-refractivity contribution in [3.05, 3.63) is 57.3 Å².